The molecule has 0 aromatic heterocycles. The van der Waals surface area contributed by atoms with Gasteiger partial charge in [0.15, 0.2) is 6.29 Å². The van der Waals surface area contributed by atoms with E-state index in [4.69, 9.17) is 30.4 Å². The van der Waals surface area contributed by atoms with Gasteiger partial charge in [-0.15, -0.1) is 0 Å². The maximum absolute atomic E-state index is 11.3. The predicted octanol–water partition coefficient (Wildman–Crippen LogP) is 4.92. The lowest BCUT2D eigenvalue weighted by molar-refractivity contribution is 0.00578. The van der Waals surface area contributed by atoms with E-state index < -0.39 is 18.3 Å². The van der Waals surface area contributed by atoms with Crippen molar-refractivity contribution in [3.63, 3.8) is 0 Å². The van der Waals surface area contributed by atoms with E-state index in [1.165, 1.54) is 5.56 Å². The Bertz CT molecular complexity index is 988. The van der Waals surface area contributed by atoms with E-state index in [2.05, 4.69) is 39.8 Å². The number of benzene rings is 2. The molecule has 1 aliphatic heterocycles. The van der Waals surface area contributed by atoms with E-state index in [0.29, 0.717) is 28.7 Å². The average Bonchev–Trinajstić information content (AvgIpc) is 3.21. The molecule has 7 heteroatoms. The third kappa shape index (κ3) is 3.97. The van der Waals surface area contributed by atoms with Crippen molar-refractivity contribution < 1.29 is 23.6 Å². The van der Waals surface area contributed by atoms with Crippen LogP contribution in [0.15, 0.2) is 30.3 Å². The van der Waals surface area contributed by atoms with Gasteiger partial charge in [-0.1, -0.05) is 29.8 Å². The van der Waals surface area contributed by atoms with Crippen LogP contribution in [0.3, 0.4) is 0 Å². The highest BCUT2D eigenvalue weighted by atomic mass is 35.5. The molecule has 0 saturated carbocycles. The number of hydrogen-bond donors (Lipinski definition) is 0. The molecular formula is C24H28BClO5. The summed E-state index contributed by atoms with van der Waals surface area (Å²) in [5.41, 5.74) is 3.00. The van der Waals surface area contributed by atoms with Gasteiger partial charge < -0.3 is 18.8 Å². The quantitative estimate of drug-likeness (QED) is 0.470. The average molecular weight is 443 g/mol. The summed E-state index contributed by atoms with van der Waals surface area (Å²) < 4.78 is 24.5. The number of carbonyl (C=O) groups excluding carboxylic acids is 1. The van der Waals surface area contributed by atoms with Crippen molar-refractivity contribution in [1.82, 2.24) is 0 Å². The van der Waals surface area contributed by atoms with Gasteiger partial charge in [0.05, 0.1) is 28.4 Å². The molecule has 1 heterocycles. The van der Waals surface area contributed by atoms with Crippen molar-refractivity contribution in [3.05, 3.63) is 52.0 Å². The van der Waals surface area contributed by atoms with E-state index in [0.717, 1.165) is 30.2 Å². The predicted molar refractivity (Wildman–Crippen MR) is 122 cm³/mol. The van der Waals surface area contributed by atoms with Crippen LogP contribution in [0.2, 0.25) is 5.02 Å². The molecule has 4 rings (SSSR count). The van der Waals surface area contributed by atoms with Gasteiger partial charge in [-0.2, -0.15) is 0 Å². The number of hydrogen-bond acceptors (Lipinski definition) is 5. The van der Waals surface area contributed by atoms with Gasteiger partial charge in [-0.3, -0.25) is 4.79 Å². The minimum Gasteiger partial charge on any atom is -0.493 e. The maximum atomic E-state index is 11.3. The first kappa shape index (κ1) is 22.2. The first-order chi connectivity index (χ1) is 14.7. The third-order valence-corrected chi connectivity index (χ3v) is 6.81. The summed E-state index contributed by atoms with van der Waals surface area (Å²) in [7, 11) is -0.404. The molecule has 0 unspecified atom stereocenters. The molecule has 0 N–H and O–H groups in total. The molecule has 31 heavy (non-hydrogen) atoms. The van der Waals surface area contributed by atoms with E-state index in [-0.39, 0.29) is 6.10 Å². The molecule has 1 aliphatic carbocycles. The largest absolute Gasteiger partial charge is 0.495 e. The number of halogens is 1. The highest BCUT2D eigenvalue weighted by Gasteiger charge is 2.52. The lowest BCUT2D eigenvalue weighted by atomic mass is 9.75. The molecule has 2 aromatic rings. The van der Waals surface area contributed by atoms with Crippen molar-refractivity contribution in [1.29, 1.82) is 0 Å². The molecule has 164 valence electrons. The smallest absolute Gasteiger partial charge is 0.493 e. The van der Waals surface area contributed by atoms with Crippen molar-refractivity contribution in [3.8, 4) is 11.5 Å². The second-order valence-electron chi connectivity index (χ2n) is 9.02. The minimum absolute atomic E-state index is 0.147. The van der Waals surface area contributed by atoms with Crippen LogP contribution in [-0.4, -0.2) is 31.2 Å². The molecule has 0 bridgehead atoms. The minimum atomic E-state index is -0.404. The highest BCUT2D eigenvalue weighted by molar-refractivity contribution is 6.62. The molecule has 1 atom stereocenters. The fraction of sp³-hybridized carbons (Fsp3) is 0.458. The Kier molecular flexibility index (Phi) is 5.84. The number of rotatable bonds is 6. The Morgan fingerprint density at radius 3 is 2.52 bits per heavy atom. The Labute approximate surface area is 189 Å². The molecule has 5 nitrogen and oxygen atoms in total. The monoisotopic (exact) mass is 442 g/mol. The topological polar surface area (TPSA) is 54.0 Å². The molecule has 0 amide bonds. The van der Waals surface area contributed by atoms with E-state index in [1.807, 2.05) is 13.0 Å². The molecule has 1 saturated heterocycles. The van der Waals surface area contributed by atoms with E-state index >= 15 is 0 Å². The standard InChI is InChI=1S/C24H28BClO5/c1-6-28-21-13-22(19(26)12-15(21)14-27)29-20-11-10-16-17(20)8-7-9-18(16)25-30-23(2,3)24(4,5)31-25/h7-9,12-14,20H,6,10-11H2,1-5H3/t20-/m0/s1. The summed E-state index contributed by atoms with van der Waals surface area (Å²) in [5, 5.41) is 0.390. The van der Waals surface area contributed by atoms with E-state index in [1.54, 1.807) is 12.1 Å². The van der Waals surface area contributed by atoms with Crippen LogP contribution < -0.4 is 14.9 Å². The Morgan fingerprint density at radius 1 is 1.16 bits per heavy atom. The molecule has 1 fully saturated rings. The summed E-state index contributed by atoms with van der Waals surface area (Å²) in [4.78, 5) is 11.3. The maximum Gasteiger partial charge on any atom is 0.495 e. The Morgan fingerprint density at radius 2 is 1.87 bits per heavy atom. The fourth-order valence-corrected chi connectivity index (χ4v) is 4.34. The molecule has 0 radical (unpaired) electrons. The van der Waals surface area contributed by atoms with Crippen LogP contribution in [0.25, 0.3) is 0 Å². The van der Waals surface area contributed by atoms with Crippen LogP contribution in [-0.2, 0) is 15.7 Å². The van der Waals surface area contributed by atoms with Crippen LogP contribution in [0.4, 0.5) is 0 Å². The molecule has 2 aliphatic rings. The number of aldehydes is 1. The SMILES string of the molecule is CCOc1cc(O[C@H]2CCc3c(B4OC(C)(C)C(C)(C)O4)cccc32)c(Cl)cc1C=O. The number of ether oxygens (including phenoxy) is 2. The van der Waals surface area contributed by atoms with Crippen LogP contribution in [0.1, 0.15) is 68.6 Å². The van der Waals surface area contributed by atoms with Crippen molar-refractivity contribution in [2.75, 3.05) is 6.61 Å². The Hall–Kier alpha value is -2.02. The summed E-state index contributed by atoms with van der Waals surface area (Å²) in [6.45, 7) is 10.6. The van der Waals surface area contributed by atoms with Gasteiger partial charge in [0.2, 0.25) is 0 Å². The second-order valence-corrected chi connectivity index (χ2v) is 9.43. The second kappa shape index (κ2) is 8.16. The zero-order valence-electron chi connectivity index (χ0n) is 18.7. The lowest BCUT2D eigenvalue weighted by Crippen LogP contribution is -2.41. The fourth-order valence-electron chi connectivity index (χ4n) is 4.12. The first-order valence-corrected chi connectivity index (χ1v) is 11.1. The van der Waals surface area contributed by atoms with Crippen molar-refractivity contribution in [2.24, 2.45) is 0 Å². The van der Waals surface area contributed by atoms with Crippen LogP contribution >= 0.6 is 11.6 Å². The normalized spacial score (nSPS) is 21.1. The summed E-state index contributed by atoms with van der Waals surface area (Å²) in [5.74, 6) is 0.982. The molecule has 0 spiro atoms. The number of fused-ring (bicyclic) bond motifs is 1. The zero-order valence-corrected chi connectivity index (χ0v) is 19.4. The summed E-state index contributed by atoms with van der Waals surface area (Å²) in [6, 6.07) is 9.46. The van der Waals surface area contributed by atoms with Gasteiger partial charge in [0.25, 0.3) is 0 Å². The summed E-state index contributed by atoms with van der Waals surface area (Å²) >= 11 is 6.40. The van der Waals surface area contributed by atoms with Crippen molar-refractivity contribution in [2.45, 2.75) is 64.8 Å². The highest BCUT2D eigenvalue weighted by Crippen LogP contribution is 2.41. The molecular weight excluding hydrogens is 415 g/mol. The lowest BCUT2D eigenvalue weighted by Gasteiger charge is -2.32. The van der Waals surface area contributed by atoms with Gasteiger partial charge in [-0.05, 0) is 70.1 Å². The Balaban J connectivity index is 1.62. The van der Waals surface area contributed by atoms with Gasteiger partial charge in [0, 0.05) is 6.07 Å². The van der Waals surface area contributed by atoms with E-state index in [9.17, 15) is 4.79 Å². The van der Waals surface area contributed by atoms with Gasteiger partial charge >= 0.3 is 7.12 Å². The van der Waals surface area contributed by atoms with Gasteiger partial charge in [0.1, 0.15) is 17.6 Å². The molecule has 2 aromatic carbocycles. The summed E-state index contributed by atoms with van der Waals surface area (Å²) in [6.07, 6.45) is 2.28. The first-order valence-electron chi connectivity index (χ1n) is 10.7. The number of carbonyl (C=O) groups is 1. The van der Waals surface area contributed by atoms with Crippen LogP contribution in [0, 0.1) is 0 Å². The van der Waals surface area contributed by atoms with Crippen molar-refractivity contribution >= 4 is 30.5 Å². The third-order valence-electron chi connectivity index (χ3n) is 6.52. The van der Waals surface area contributed by atoms with Gasteiger partial charge in [-0.25, -0.2) is 0 Å². The zero-order chi connectivity index (χ0) is 22.4. The van der Waals surface area contributed by atoms with Crippen LogP contribution in [0.5, 0.6) is 11.5 Å².